The standard InChI is InChI=1S/C40H69O5/c1-10-15-20-32(13-4)30-44-37(41)22-18-26-39(6,7)34-24-25-35(36(29-34)43-28-17-12-3)40(8,9)27-19-23-38(42)45-31-33(14-5)21-16-11-2/h25,29,32-33H,10-23,26-28,30-31H2,1-9H3. The van der Waals surface area contributed by atoms with Crippen LogP contribution in [0.2, 0.25) is 0 Å². The third kappa shape index (κ3) is 16.4. The lowest BCUT2D eigenvalue weighted by molar-refractivity contribution is -0.146. The molecule has 0 fully saturated rings. The van der Waals surface area contributed by atoms with E-state index in [-0.39, 0.29) is 22.8 Å². The van der Waals surface area contributed by atoms with Crippen LogP contribution in [0.25, 0.3) is 0 Å². The van der Waals surface area contributed by atoms with Gasteiger partial charge in [-0.3, -0.25) is 9.59 Å². The van der Waals surface area contributed by atoms with Crippen molar-refractivity contribution in [1.82, 2.24) is 0 Å². The Morgan fingerprint density at radius 1 is 0.711 bits per heavy atom. The molecule has 0 saturated heterocycles. The molecule has 1 aromatic rings. The molecule has 1 aromatic carbocycles. The van der Waals surface area contributed by atoms with E-state index in [2.05, 4.69) is 80.5 Å². The summed E-state index contributed by atoms with van der Waals surface area (Å²) in [6.07, 6.45) is 15.3. The summed E-state index contributed by atoms with van der Waals surface area (Å²) in [6, 6.07) is 7.86. The monoisotopic (exact) mass is 630 g/mol. The Labute approximate surface area is 278 Å². The quantitative estimate of drug-likeness (QED) is 0.0753. The molecule has 0 aliphatic rings. The van der Waals surface area contributed by atoms with E-state index in [0.717, 1.165) is 81.1 Å². The lowest BCUT2D eigenvalue weighted by Crippen LogP contribution is -2.22. The second-order valence-electron chi connectivity index (χ2n) is 14.5. The third-order valence-electron chi connectivity index (χ3n) is 9.54. The summed E-state index contributed by atoms with van der Waals surface area (Å²) in [7, 11) is 0. The highest BCUT2D eigenvalue weighted by molar-refractivity contribution is 5.69. The predicted molar refractivity (Wildman–Crippen MR) is 188 cm³/mol. The van der Waals surface area contributed by atoms with E-state index in [1.807, 2.05) is 0 Å². The van der Waals surface area contributed by atoms with Crippen molar-refractivity contribution < 1.29 is 23.8 Å². The van der Waals surface area contributed by atoms with Gasteiger partial charge in [0.1, 0.15) is 5.75 Å². The van der Waals surface area contributed by atoms with E-state index in [1.54, 1.807) is 0 Å². The number of benzene rings is 1. The van der Waals surface area contributed by atoms with Crippen molar-refractivity contribution in [3.8, 4) is 5.75 Å². The van der Waals surface area contributed by atoms with Crippen LogP contribution >= 0.6 is 0 Å². The molecular formula is C40H69O5. The van der Waals surface area contributed by atoms with E-state index in [1.165, 1.54) is 25.7 Å². The SMILES string of the molecule is CCCCOc1cc(C(C)(C)CCCC(=O)OCC(CC)CCCC)[c]cc1C(C)(C)CCCC(=O)OCC(CC)CCCC. The van der Waals surface area contributed by atoms with Crippen molar-refractivity contribution in [3.63, 3.8) is 0 Å². The number of esters is 2. The molecule has 45 heavy (non-hydrogen) atoms. The van der Waals surface area contributed by atoms with Crippen molar-refractivity contribution in [1.29, 1.82) is 0 Å². The van der Waals surface area contributed by atoms with Crippen molar-refractivity contribution in [2.24, 2.45) is 11.8 Å². The maximum absolute atomic E-state index is 12.5. The molecule has 1 rings (SSSR count). The molecule has 2 unspecified atom stereocenters. The van der Waals surface area contributed by atoms with Crippen LogP contribution in [0.4, 0.5) is 0 Å². The Morgan fingerprint density at radius 2 is 1.20 bits per heavy atom. The average molecular weight is 630 g/mol. The molecular weight excluding hydrogens is 560 g/mol. The Hall–Kier alpha value is -2.04. The van der Waals surface area contributed by atoms with Gasteiger partial charge in [-0.25, -0.2) is 0 Å². The summed E-state index contributed by atoms with van der Waals surface area (Å²) in [6.45, 7) is 21.6. The first-order valence-electron chi connectivity index (χ1n) is 18.4. The Bertz CT molecular complexity index is 950. The largest absolute Gasteiger partial charge is 0.493 e. The van der Waals surface area contributed by atoms with Crippen molar-refractivity contribution in [2.45, 2.75) is 176 Å². The van der Waals surface area contributed by atoms with Gasteiger partial charge < -0.3 is 14.2 Å². The third-order valence-corrected chi connectivity index (χ3v) is 9.54. The number of ether oxygens (including phenoxy) is 3. The van der Waals surface area contributed by atoms with E-state index in [0.29, 0.717) is 44.5 Å². The summed E-state index contributed by atoms with van der Waals surface area (Å²) >= 11 is 0. The van der Waals surface area contributed by atoms with Crippen LogP contribution in [0.3, 0.4) is 0 Å². The molecule has 0 aliphatic heterocycles. The summed E-state index contributed by atoms with van der Waals surface area (Å²) in [4.78, 5) is 25.0. The summed E-state index contributed by atoms with van der Waals surface area (Å²) < 4.78 is 17.7. The molecule has 1 radical (unpaired) electrons. The number of rotatable bonds is 26. The zero-order valence-corrected chi connectivity index (χ0v) is 30.8. The highest BCUT2D eigenvalue weighted by Crippen LogP contribution is 2.39. The molecule has 0 amide bonds. The van der Waals surface area contributed by atoms with Crippen LogP contribution in [-0.2, 0) is 29.9 Å². The van der Waals surface area contributed by atoms with Gasteiger partial charge in [0.25, 0.3) is 0 Å². The number of hydrogen-bond acceptors (Lipinski definition) is 5. The molecule has 0 N–H and O–H groups in total. The first-order valence-corrected chi connectivity index (χ1v) is 18.4. The first-order chi connectivity index (χ1) is 21.4. The fourth-order valence-corrected chi connectivity index (χ4v) is 5.82. The lowest BCUT2D eigenvalue weighted by Gasteiger charge is -2.31. The van der Waals surface area contributed by atoms with Crippen LogP contribution in [0, 0.1) is 17.9 Å². The molecule has 0 aliphatic carbocycles. The number of carbonyl (C=O) groups is 2. The van der Waals surface area contributed by atoms with E-state index in [9.17, 15) is 9.59 Å². The zero-order chi connectivity index (χ0) is 33.7. The average Bonchev–Trinajstić information content (AvgIpc) is 3.01. The van der Waals surface area contributed by atoms with Gasteiger partial charge in [0, 0.05) is 18.4 Å². The smallest absolute Gasteiger partial charge is 0.305 e. The molecule has 0 bridgehead atoms. The number of carbonyl (C=O) groups excluding carboxylic acids is 2. The van der Waals surface area contributed by atoms with Gasteiger partial charge in [0.15, 0.2) is 0 Å². The van der Waals surface area contributed by atoms with Crippen molar-refractivity contribution >= 4 is 11.9 Å². The highest BCUT2D eigenvalue weighted by atomic mass is 16.5. The van der Waals surface area contributed by atoms with Gasteiger partial charge in [0.05, 0.1) is 19.8 Å². The summed E-state index contributed by atoms with van der Waals surface area (Å²) in [5, 5.41) is 0. The minimum Gasteiger partial charge on any atom is -0.493 e. The van der Waals surface area contributed by atoms with E-state index >= 15 is 0 Å². The van der Waals surface area contributed by atoms with Crippen LogP contribution in [0.5, 0.6) is 5.75 Å². The van der Waals surface area contributed by atoms with Crippen LogP contribution in [-0.4, -0.2) is 31.8 Å². The van der Waals surface area contributed by atoms with Gasteiger partial charge in [0.2, 0.25) is 0 Å². The summed E-state index contributed by atoms with van der Waals surface area (Å²) in [5.41, 5.74) is 1.90. The van der Waals surface area contributed by atoms with Gasteiger partial charge in [-0.15, -0.1) is 0 Å². The summed E-state index contributed by atoms with van der Waals surface area (Å²) in [5.74, 6) is 1.67. The van der Waals surface area contributed by atoms with Gasteiger partial charge in [-0.1, -0.05) is 107 Å². The molecule has 2 atom stereocenters. The van der Waals surface area contributed by atoms with Gasteiger partial charge >= 0.3 is 11.9 Å². The zero-order valence-electron chi connectivity index (χ0n) is 30.8. The van der Waals surface area contributed by atoms with Crippen LogP contribution in [0.1, 0.15) is 176 Å². The Balaban J connectivity index is 2.81. The topological polar surface area (TPSA) is 61.8 Å². The minimum absolute atomic E-state index is 0.0871. The highest BCUT2D eigenvalue weighted by Gasteiger charge is 2.28. The maximum atomic E-state index is 12.5. The first kappa shape index (κ1) is 41.0. The fraction of sp³-hybridized carbons (Fsp3) is 0.800. The normalized spacial score (nSPS) is 13.4. The molecule has 259 valence electrons. The van der Waals surface area contributed by atoms with Crippen molar-refractivity contribution in [2.75, 3.05) is 19.8 Å². The minimum atomic E-state index is -0.175. The molecule has 0 saturated carbocycles. The van der Waals surface area contributed by atoms with E-state index in [4.69, 9.17) is 14.2 Å². The predicted octanol–water partition coefficient (Wildman–Crippen LogP) is 11.1. The second kappa shape index (κ2) is 22.5. The van der Waals surface area contributed by atoms with Crippen molar-refractivity contribution in [3.05, 3.63) is 29.3 Å². The number of unbranched alkanes of at least 4 members (excludes halogenated alkanes) is 3. The Kier molecular flexibility index (Phi) is 20.5. The molecule has 0 heterocycles. The van der Waals surface area contributed by atoms with Crippen LogP contribution < -0.4 is 4.74 Å². The molecule has 0 aromatic heterocycles. The maximum Gasteiger partial charge on any atom is 0.305 e. The van der Waals surface area contributed by atoms with E-state index < -0.39 is 0 Å². The van der Waals surface area contributed by atoms with Crippen LogP contribution in [0.15, 0.2) is 12.1 Å². The second-order valence-corrected chi connectivity index (χ2v) is 14.5. The molecule has 5 heteroatoms. The van der Waals surface area contributed by atoms with Gasteiger partial charge in [-0.05, 0) is 91.4 Å². The number of hydrogen-bond donors (Lipinski definition) is 0. The Morgan fingerprint density at radius 3 is 1.67 bits per heavy atom. The van der Waals surface area contributed by atoms with Gasteiger partial charge in [-0.2, -0.15) is 0 Å². The lowest BCUT2D eigenvalue weighted by atomic mass is 9.76. The molecule has 0 spiro atoms. The fourth-order valence-electron chi connectivity index (χ4n) is 5.82. The molecule has 5 nitrogen and oxygen atoms in total.